The molecule has 0 radical (unpaired) electrons. The minimum absolute atomic E-state index is 0.0731. The zero-order valence-corrected chi connectivity index (χ0v) is 13.4. The first-order valence-electron chi connectivity index (χ1n) is 7.80. The minimum Gasteiger partial charge on any atom is -0.275 e. The summed E-state index contributed by atoms with van der Waals surface area (Å²) in [6.45, 7) is 0. The van der Waals surface area contributed by atoms with Crippen LogP contribution in [-0.2, 0) is 0 Å². The number of rotatable bonds is 1. The Bertz CT molecular complexity index is 1270. The second-order valence-corrected chi connectivity index (χ2v) is 6.29. The number of hydrogen-bond acceptors (Lipinski definition) is 1. The Labute approximate surface area is 142 Å². The van der Waals surface area contributed by atoms with Crippen LogP contribution in [-0.4, -0.2) is 4.40 Å². The first-order valence-corrected chi connectivity index (χ1v) is 8.17. The molecule has 2 heterocycles. The first kappa shape index (κ1) is 13.6. The van der Waals surface area contributed by atoms with Crippen LogP contribution in [0.15, 0.2) is 77.6 Å². The van der Waals surface area contributed by atoms with E-state index in [0.29, 0.717) is 10.6 Å². The van der Waals surface area contributed by atoms with E-state index in [2.05, 4.69) is 0 Å². The molecule has 3 heteroatoms. The number of hydrogen-bond donors (Lipinski definition) is 0. The molecule has 114 valence electrons. The molecule has 0 fully saturated rings. The highest BCUT2D eigenvalue weighted by atomic mass is 35.5. The number of nitrogens with zero attached hydrogens (tertiary/aromatic N) is 1. The summed E-state index contributed by atoms with van der Waals surface area (Å²) in [5.41, 5.74) is 3.14. The summed E-state index contributed by atoms with van der Waals surface area (Å²) < 4.78 is 1.80. The van der Waals surface area contributed by atoms with Crippen LogP contribution in [0.2, 0.25) is 5.02 Å². The van der Waals surface area contributed by atoms with E-state index in [-0.39, 0.29) is 5.56 Å². The van der Waals surface area contributed by atoms with Gasteiger partial charge in [-0.15, -0.1) is 0 Å². The molecule has 5 rings (SSSR count). The fourth-order valence-corrected chi connectivity index (χ4v) is 3.94. The van der Waals surface area contributed by atoms with Crippen molar-refractivity contribution in [3.63, 3.8) is 0 Å². The summed E-state index contributed by atoms with van der Waals surface area (Å²) in [5.74, 6) is 0. The summed E-state index contributed by atoms with van der Waals surface area (Å²) in [7, 11) is 0. The summed E-state index contributed by atoms with van der Waals surface area (Å²) in [5, 5.41) is 3.55. The fraction of sp³-hybridized carbons (Fsp3) is 0. The van der Waals surface area contributed by atoms with Crippen LogP contribution >= 0.6 is 11.6 Å². The number of aromatic nitrogens is 1. The van der Waals surface area contributed by atoms with Crippen molar-refractivity contribution in [1.29, 1.82) is 0 Å². The van der Waals surface area contributed by atoms with Gasteiger partial charge >= 0.3 is 0 Å². The largest absolute Gasteiger partial charge is 0.275 e. The van der Waals surface area contributed by atoms with Gasteiger partial charge in [0.15, 0.2) is 0 Å². The summed E-state index contributed by atoms with van der Waals surface area (Å²) in [4.78, 5) is 13.3. The maximum atomic E-state index is 13.3. The van der Waals surface area contributed by atoms with Crippen molar-refractivity contribution in [2.45, 2.75) is 0 Å². The van der Waals surface area contributed by atoms with E-state index in [9.17, 15) is 4.79 Å². The molecular formula is C21H12ClNO. The van der Waals surface area contributed by atoms with E-state index in [4.69, 9.17) is 11.6 Å². The fourth-order valence-electron chi connectivity index (χ4n) is 3.60. The zero-order valence-electron chi connectivity index (χ0n) is 12.7. The smallest absolute Gasteiger partial charge is 0.265 e. The Morgan fingerprint density at radius 1 is 0.708 bits per heavy atom. The third kappa shape index (κ3) is 1.64. The van der Waals surface area contributed by atoms with Crippen LogP contribution in [0, 0.1) is 0 Å². The third-order valence-corrected chi connectivity index (χ3v) is 5.02. The summed E-state index contributed by atoms with van der Waals surface area (Å²) in [6.07, 6.45) is 0. The first-order chi connectivity index (χ1) is 11.8. The van der Waals surface area contributed by atoms with Gasteiger partial charge in [0.25, 0.3) is 5.56 Å². The molecule has 0 atom stereocenters. The van der Waals surface area contributed by atoms with Gasteiger partial charge in [-0.25, -0.2) is 0 Å². The maximum Gasteiger partial charge on any atom is 0.265 e. The van der Waals surface area contributed by atoms with E-state index < -0.39 is 0 Å². The van der Waals surface area contributed by atoms with Crippen LogP contribution in [0.25, 0.3) is 38.3 Å². The van der Waals surface area contributed by atoms with Crippen molar-refractivity contribution in [2.75, 3.05) is 0 Å². The van der Waals surface area contributed by atoms with Crippen LogP contribution < -0.4 is 5.56 Å². The zero-order chi connectivity index (χ0) is 16.3. The van der Waals surface area contributed by atoms with Gasteiger partial charge in [0, 0.05) is 16.2 Å². The lowest BCUT2D eigenvalue weighted by molar-refractivity contribution is 1.18. The number of halogens is 1. The Balaban J connectivity index is 2.12. The molecule has 0 amide bonds. The molecule has 0 aliphatic heterocycles. The van der Waals surface area contributed by atoms with Gasteiger partial charge in [0.1, 0.15) is 0 Å². The Morgan fingerprint density at radius 2 is 1.38 bits per heavy atom. The average molecular weight is 330 g/mol. The normalized spacial score (nSPS) is 11.7. The van der Waals surface area contributed by atoms with Crippen LogP contribution in [0.4, 0.5) is 0 Å². The summed E-state index contributed by atoms with van der Waals surface area (Å²) >= 11 is 6.68. The van der Waals surface area contributed by atoms with Crippen LogP contribution in [0.5, 0.6) is 0 Å². The molecule has 5 aromatic rings. The second-order valence-electron chi connectivity index (χ2n) is 5.91. The molecular weight excluding hydrogens is 318 g/mol. The lowest BCUT2D eigenvalue weighted by Gasteiger charge is -2.09. The molecule has 0 unspecified atom stereocenters. The van der Waals surface area contributed by atoms with Gasteiger partial charge in [0.2, 0.25) is 0 Å². The second kappa shape index (κ2) is 4.83. The van der Waals surface area contributed by atoms with Gasteiger partial charge in [-0.05, 0) is 11.6 Å². The Hall–Kier alpha value is -2.84. The SMILES string of the molecule is O=c1c(-c2ccccc2)c(Cl)c2cccc3c4ccccc4n1c23. The van der Waals surface area contributed by atoms with Crippen molar-refractivity contribution in [3.8, 4) is 11.1 Å². The standard InChI is InChI=1S/C21H12ClNO/c22-19-16-11-6-10-15-14-9-4-5-12-17(14)23(20(15)16)21(24)18(19)13-7-2-1-3-8-13/h1-12H. The molecule has 0 saturated carbocycles. The molecule has 2 nitrogen and oxygen atoms in total. The van der Waals surface area contributed by atoms with Crippen molar-refractivity contribution < 1.29 is 0 Å². The van der Waals surface area contributed by atoms with Crippen molar-refractivity contribution in [1.82, 2.24) is 4.40 Å². The molecule has 0 aliphatic rings. The van der Waals surface area contributed by atoms with E-state index in [1.54, 1.807) is 4.40 Å². The molecule has 2 aromatic heterocycles. The van der Waals surface area contributed by atoms with E-state index >= 15 is 0 Å². The highest BCUT2D eigenvalue weighted by Crippen LogP contribution is 2.37. The van der Waals surface area contributed by atoms with Gasteiger partial charge in [-0.3, -0.25) is 9.20 Å². The Kier molecular flexibility index (Phi) is 2.73. The third-order valence-electron chi connectivity index (χ3n) is 4.63. The predicted octanol–water partition coefficient (Wildman–Crippen LogP) is 5.36. The van der Waals surface area contributed by atoms with E-state index in [0.717, 1.165) is 32.8 Å². The van der Waals surface area contributed by atoms with Crippen molar-refractivity contribution >= 4 is 38.8 Å². The van der Waals surface area contributed by atoms with Crippen LogP contribution in [0.3, 0.4) is 0 Å². The monoisotopic (exact) mass is 329 g/mol. The lowest BCUT2D eigenvalue weighted by atomic mass is 10.0. The number of pyridine rings is 1. The highest BCUT2D eigenvalue weighted by Gasteiger charge is 2.20. The number of fused-ring (bicyclic) bond motifs is 3. The number of benzene rings is 3. The van der Waals surface area contributed by atoms with Gasteiger partial charge in [0.05, 0.1) is 21.6 Å². The molecule has 24 heavy (non-hydrogen) atoms. The van der Waals surface area contributed by atoms with Gasteiger partial charge < -0.3 is 0 Å². The topological polar surface area (TPSA) is 21.5 Å². The average Bonchev–Trinajstić information content (AvgIpc) is 2.96. The molecule has 0 saturated heterocycles. The minimum atomic E-state index is -0.0731. The van der Waals surface area contributed by atoms with Crippen molar-refractivity contribution in [3.05, 3.63) is 88.2 Å². The van der Waals surface area contributed by atoms with Crippen LogP contribution in [0.1, 0.15) is 0 Å². The number of para-hydroxylation sites is 2. The molecule has 0 spiro atoms. The quantitative estimate of drug-likeness (QED) is 0.405. The summed E-state index contributed by atoms with van der Waals surface area (Å²) in [6, 6.07) is 23.6. The van der Waals surface area contributed by atoms with E-state index in [1.165, 1.54) is 0 Å². The van der Waals surface area contributed by atoms with Gasteiger partial charge in [-0.2, -0.15) is 0 Å². The molecule has 0 aliphatic carbocycles. The maximum absolute atomic E-state index is 13.3. The van der Waals surface area contributed by atoms with Crippen molar-refractivity contribution in [2.24, 2.45) is 0 Å². The molecule has 3 aromatic carbocycles. The van der Waals surface area contributed by atoms with E-state index in [1.807, 2.05) is 72.8 Å². The van der Waals surface area contributed by atoms with Gasteiger partial charge in [-0.1, -0.05) is 78.3 Å². The molecule has 0 bridgehead atoms. The molecule has 0 N–H and O–H groups in total. The predicted molar refractivity (Wildman–Crippen MR) is 100 cm³/mol. The lowest BCUT2D eigenvalue weighted by Crippen LogP contribution is -2.15. The Morgan fingerprint density at radius 3 is 2.21 bits per heavy atom. The highest BCUT2D eigenvalue weighted by molar-refractivity contribution is 6.39.